The standard InChI is InChI=1S/C20H22N2O5/c1-25-15-6-4-7-16(26-2)19(15)20(24)21-13-9-10-14(17(12-13)27-3)22-11-5-8-18(22)23/h4,6-7,9-10,12H,5,8,11H2,1-3H3,(H,21,24). The van der Waals surface area contributed by atoms with Crippen LogP contribution in [-0.4, -0.2) is 39.7 Å². The van der Waals surface area contributed by atoms with Crippen LogP contribution in [0.25, 0.3) is 0 Å². The fourth-order valence-corrected chi connectivity index (χ4v) is 3.15. The van der Waals surface area contributed by atoms with Gasteiger partial charge in [-0.25, -0.2) is 0 Å². The van der Waals surface area contributed by atoms with Gasteiger partial charge in [0.2, 0.25) is 5.91 Å². The largest absolute Gasteiger partial charge is 0.496 e. The van der Waals surface area contributed by atoms with E-state index in [9.17, 15) is 9.59 Å². The molecule has 2 aromatic carbocycles. The first-order chi connectivity index (χ1) is 13.1. The van der Waals surface area contributed by atoms with E-state index in [-0.39, 0.29) is 11.8 Å². The van der Waals surface area contributed by atoms with Crippen LogP contribution >= 0.6 is 0 Å². The zero-order valence-corrected chi connectivity index (χ0v) is 15.6. The fraction of sp³-hybridized carbons (Fsp3) is 0.300. The van der Waals surface area contributed by atoms with Gasteiger partial charge in [0.15, 0.2) is 0 Å². The topological polar surface area (TPSA) is 77.1 Å². The average molecular weight is 370 g/mol. The number of carbonyl (C=O) groups excluding carboxylic acids is 2. The van der Waals surface area contributed by atoms with Gasteiger partial charge in [-0.3, -0.25) is 9.59 Å². The summed E-state index contributed by atoms with van der Waals surface area (Å²) in [6, 6.07) is 10.3. The third-order valence-electron chi connectivity index (χ3n) is 4.46. The summed E-state index contributed by atoms with van der Waals surface area (Å²) in [6.07, 6.45) is 1.36. The quantitative estimate of drug-likeness (QED) is 0.846. The third kappa shape index (κ3) is 3.67. The van der Waals surface area contributed by atoms with E-state index in [0.717, 1.165) is 6.42 Å². The van der Waals surface area contributed by atoms with Gasteiger partial charge in [0, 0.05) is 24.7 Å². The molecule has 1 N–H and O–H groups in total. The minimum Gasteiger partial charge on any atom is -0.496 e. The summed E-state index contributed by atoms with van der Waals surface area (Å²) in [5.74, 6) is 1.06. The molecular formula is C20H22N2O5. The van der Waals surface area contributed by atoms with Gasteiger partial charge in [0.1, 0.15) is 22.8 Å². The summed E-state index contributed by atoms with van der Waals surface area (Å²) in [6.45, 7) is 0.666. The third-order valence-corrected chi connectivity index (χ3v) is 4.46. The minimum atomic E-state index is -0.364. The van der Waals surface area contributed by atoms with E-state index in [4.69, 9.17) is 14.2 Å². The molecule has 0 spiro atoms. The molecule has 1 fully saturated rings. The highest BCUT2D eigenvalue weighted by molar-refractivity contribution is 6.08. The molecule has 2 amide bonds. The van der Waals surface area contributed by atoms with Crippen molar-refractivity contribution < 1.29 is 23.8 Å². The summed E-state index contributed by atoms with van der Waals surface area (Å²) in [5.41, 5.74) is 1.55. The van der Waals surface area contributed by atoms with Crippen LogP contribution in [0.3, 0.4) is 0 Å². The van der Waals surface area contributed by atoms with Gasteiger partial charge >= 0.3 is 0 Å². The summed E-state index contributed by atoms with van der Waals surface area (Å²) in [5, 5.41) is 2.83. The molecular weight excluding hydrogens is 348 g/mol. The van der Waals surface area contributed by atoms with Crippen LogP contribution in [0.2, 0.25) is 0 Å². The van der Waals surface area contributed by atoms with Crippen molar-refractivity contribution in [2.24, 2.45) is 0 Å². The molecule has 1 heterocycles. The number of carbonyl (C=O) groups is 2. The summed E-state index contributed by atoms with van der Waals surface area (Å²) in [7, 11) is 4.53. The van der Waals surface area contributed by atoms with Crippen molar-refractivity contribution in [2.75, 3.05) is 38.1 Å². The van der Waals surface area contributed by atoms with E-state index >= 15 is 0 Å². The van der Waals surface area contributed by atoms with E-state index in [2.05, 4.69) is 5.32 Å². The summed E-state index contributed by atoms with van der Waals surface area (Å²) in [4.78, 5) is 26.5. The van der Waals surface area contributed by atoms with Crippen LogP contribution in [0.15, 0.2) is 36.4 Å². The van der Waals surface area contributed by atoms with Crippen LogP contribution in [0.5, 0.6) is 17.2 Å². The predicted molar refractivity (Wildman–Crippen MR) is 102 cm³/mol. The Morgan fingerprint density at radius 1 is 1.00 bits per heavy atom. The molecule has 1 saturated heterocycles. The van der Waals surface area contributed by atoms with Gasteiger partial charge in [-0.05, 0) is 30.7 Å². The summed E-state index contributed by atoms with van der Waals surface area (Å²) < 4.78 is 16.0. The Bertz CT molecular complexity index is 843. The zero-order chi connectivity index (χ0) is 19.4. The number of nitrogens with one attached hydrogen (secondary N) is 1. The smallest absolute Gasteiger partial charge is 0.263 e. The Balaban J connectivity index is 1.88. The Morgan fingerprint density at radius 3 is 2.22 bits per heavy atom. The number of ether oxygens (including phenoxy) is 3. The van der Waals surface area contributed by atoms with Gasteiger partial charge in [-0.2, -0.15) is 0 Å². The molecule has 0 aliphatic carbocycles. The number of benzene rings is 2. The minimum absolute atomic E-state index is 0.0730. The Morgan fingerprint density at radius 2 is 1.67 bits per heavy atom. The monoisotopic (exact) mass is 370 g/mol. The number of hydrogen-bond acceptors (Lipinski definition) is 5. The zero-order valence-electron chi connectivity index (χ0n) is 15.6. The Hall–Kier alpha value is -3.22. The van der Waals surface area contributed by atoms with Crippen LogP contribution in [0.1, 0.15) is 23.2 Å². The normalized spacial score (nSPS) is 13.4. The molecule has 7 heteroatoms. The molecule has 0 aromatic heterocycles. The highest BCUT2D eigenvalue weighted by Crippen LogP contribution is 2.35. The van der Waals surface area contributed by atoms with Crippen molar-refractivity contribution in [2.45, 2.75) is 12.8 Å². The fourth-order valence-electron chi connectivity index (χ4n) is 3.15. The number of anilines is 2. The molecule has 1 aliphatic rings. The Labute approximate surface area is 157 Å². The Kier molecular flexibility index (Phi) is 5.49. The van der Waals surface area contributed by atoms with Crippen molar-refractivity contribution in [1.82, 2.24) is 0 Å². The first kappa shape index (κ1) is 18.6. The van der Waals surface area contributed by atoms with Gasteiger partial charge in [-0.15, -0.1) is 0 Å². The maximum Gasteiger partial charge on any atom is 0.263 e. The number of amides is 2. The lowest BCUT2D eigenvalue weighted by molar-refractivity contribution is -0.117. The van der Waals surface area contributed by atoms with Gasteiger partial charge < -0.3 is 24.4 Å². The average Bonchev–Trinajstić information content (AvgIpc) is 3.12. The number of rotatable bonds is 6. The molecule has 0 saturated carbocycles. The lowest BCUT2D eigenvalue weighted by Crippen LogP contribution is -2.24. The van der Waals surface area contributed by atoms with Crippen LogP contribution in [0, 0.1) is 0 Å². The van der Waals surface area contributed by atoms with Gasteiger partial charge in [0.25, 0.3) is 5.91 Å². The van der Waals surface area contributed by atoms with Crippen molar-refractivity contribution in [3.05, 3.63) is 42.0 Å². The van der Waals surface area contributed by atoms with Crippen LogP contribution in [0.4, 0.5) is 11.4 Å². The molecule has 142 valence electrons. The second-order valence-electron chi connectivity index (χ2n) is 6.03. The molecule has 0 atom stereocenters. The molecule has 3 rings (SSSR count). The van der Waals surface area contributed by atoms with Gasteiger partial charge in [0.05, 0.1) is 27.0 Å². The SMILES string of the molecule is COc1cc(NC(=O)c2c(OC)cccc2OC)ccc1N1CCCC1=O. The van der Waals surface area contributed by atoms with Crippen molar-refractivity contribution in [3.63, 3.8) is 0 Å². The number of hydrogen-bond donors (Lipinski definition) is 1. The second kappa shape index (κ2) is 7.99. The van der Waals surface area contributed by atoms with Gasteiger partial charge in [-0.1, -0.05) is 6.07 Å². The second-order valence-corrected chi connectivity index (χ2v) is 6.03. The maximum absolute atomic E-state index is 12.8. The number of methoxy groups -OCH3 is 3. The highest BCUT2D eigenvalue weighted by atomic mass is 16.5. The maximum atomic E-state index is 12.8. The molecule has 2 aromatic rings. The lowest BCUT2D eigenvalue weighted by Gasteiger charge is -2.20. The highest BCUT2D eigenvalue weighted by Gasteiger charge is 2.25. The molecule has 0 unspecified atom stereocenters. The van der Waals surface area contributed by atoms with Crippen molar-refractivity contribution in [1.29, 1.82) is 0 Å². The van der Waals surface area contributed by atoms with E-state index in [0.29, 0.717) is 47.2 Å². The first-order valence-electron chi connectivity index (χ1n) is 8.59. The lowest BCUT2D eigenvalue weighted by atomic mass is 10.1. The molecule has 7 nitrogen and oxygen atoms in total. The van der Waals surface area contributed by atoms with E-state index in [1.807, 2.05) is 0 Å². The molecule has 0 radical (unpaired) electrons. The number of nitrogens with zero attached hydrogens (tertiary/aromatic N) is 1. The first-order valence-corrected chi connectivity index (χ1v) is 8.59. The molecule has 1 aliphatic heterocycles. The van der Waals surface area contributed by atoms with E-state index < -0.39 is 0 Å². The van der Waals surface area contributed by atoms with E-state index in [1.54, 1.807) is 41.3 Å². The summed E-state index contributed by atoms with van der Waals surface area (Å²) >= 11 is 0. The molecule has 0 bridgehead atoms. The van der Waals surface area contributed by atoms with Crippen LogP contribution < -0.4 is 24.4 Å². The molecule has 27 heavy (non-hydrogen) atoms. The van der Waals surface area contributed by atoms with E-state index in [1.165, 1.54) is 21.3 Å². The van der Waals surface area contributed by atoms with Crippen molar-refractivity contribution in [3.8, 4) is 17.2 Å². The van der Waals surface area contributed by atoms with Crippen molar-refractivity contribution >= 4 is 23.2 Å². The predicted octanol–water partition coefficient (Wildman–Crippen LogP) is 3.09. The van der Waals surface area contributed by atoms with Crippen LogP contribution in [-0.2, 0) is 4.79 Å².